The number of para-hydroxylation sites is 1. The van der Waals surface area contributed by atoms with Gasteiger partial charge in [0.15, 0.2) is 5.69 Å². The Labute approximate surface area is 357 Å². The molecule has 0 radical (unpaired) electrons. The average Bonchev–Trinajstić information content (AvgIpc) is 3.82. The predicted molar refractivity (Wildman–Crippen MR) is 252 cm³/mol. The molecule has 1 aliphatic heterocycles. The number of hydrogen-bond acceptors (Lipinski definition) is 2. The Kier molecular flexibility index (Phi) is 7.22. The van der Waals surface area contributed by atoms with Crippen LogP contribution < -0.4 is 0 Å². The Morgan fingerprint density at radius 1 is 0.475 bits per heavy atom. The van der Waals surface area contributed by atoms with E-state index in [9.17, 15) is 0 Å². The van der Waals surface area contributed by atoms with Crippen molar-refractivity contribution in [3.8, 4) is 39.2 Å². The van der Waals surface area contributed by atoms with Gasteiger partial charge in [0.1, 0.15) is 0 Å². The molecule has 11 aromatic rings. The number of fused-ring (bicyclic) bond motifs is 16. The van der Waals surface area contributed by atoms with Gasteiger partial charge in [-0.1, -0.05) is 157 Å². The number of benzene rings is 9. The number of rotatable bonds is 3. The minimum Gasteiger partial charge on any atom is -0.309 e. The Morgan fingerprint density at radius 2 is 1.15 bits per heavy atom. The molecule has 2 aromatic heterocycles. The molecular weight excluding hydrogens is 759 g/mol. The fourth-order valence-electron chi connectivity index (χ4n) is 10.5. The lowest BCUT2D eigenvalue weighted by atomic mass is 9.67. The van der Waals surface area contributed by atoms with Gasteiger partial charge >= 0.3 is 0 Å². The molecule has 13 rings (SSSR count). The van der Waals surface area contributed by atoms with Crippen molar-refractivity contribution in [2.75, 3.05) is 0 Å². The second-order valence-corrected chi connectivity index (χ2v) is 17.2. The van der Waals surface area contributed by atoms with Gasteiger partial charge < -0.3 is 4.57 Å². The molecule has 0 atom stereocenters. The maximum Gasteiger partial charge on any atom is 0.188 e. The normalized spacial score (nSPS) is 13.3. The van der Waals surface area contributed by atoms with E-state index in [0.717, 1.165) is 66.2 Å². The first-order valence-electron chi connectivity index (χ1n) is 20.7. The molecule has 0 saturated carbocycles. The first-order chi connectivity index (χ1) is 30.2. The maximum atomic E-state index is 7.63. The zero-order valence-corrected chi connectivity index (χ0v) is 33.6. The summed E-state index contributed by atoms with van der Waals surface area (Å²) in [6.45, 7) is 7.63. The number of nitrogens with zero attached hydrogens (tertiary/aromatic N) is 3. The van der Waals surface area contributed by atoms with Gasteiger partial charge in [-0.15, -0.1) is 0 Å². The number of pyridine rings is 1. The highest BCUT2D eigenvalue weighted by Gasteiger charge is 2.50. The minimum absolute atomic E-state index is 0.473. The predicted octanol–water partition coefficient (Wildman–Crippen LogP) is 15.2. The van der Waals surface area contributed by atoms with E-state index in [1.54, 1.807) is 0 Å². The number of aromatic nitrogens is 2. The zero-order valence-electron chi connectivity index (χ0n) is 32.8. The summed E-state index contributed by atoms with van der Waals surface area (Å²) in [6, 6.07) is 72.7. The van der Waals surface area contributed by atoms with Crippen LogP contribution in [0, 0.1) is 6.57 Å². The summed E-state index contributed by atoms with van der Waals surface area (Å²) in [4.78, 5) is 11.8. The molecule has 0 N–H and O–H groups in total. The largest absolute Gasteiger partial charge is 0.309 e. The van der Waals surface area contributed by atoms with E-state index in [1.807, 2.05) is 23.9 Å². The van der Waals surface area contributed by atoms with Gasteiger partial charge in [0.05, 0.1) is 34.2 Å². The SMILES string of the molecule is [C-]#[N+]c1ccc2c(c1)c1ccccc1n2-c1ccc(-c2ccc3nc(-c4ccccc4)c4ccc5c(c4c3c2)-c2ccccc2C52c3ccccc3Sc3ccccc32)cc1. The van der Waals surface area contributed by atoms with Gasteiger partial charge in [-0.2, -0.15) is 0 Å². The lowest BCUT2D eigenvalue weighted by Crippen LogP contribution is -2.31. The summed E-state index contributed by atoms with van der Waals surface area (Å²) in [5, 5.41) is 5.76. The third-order valence-corrected chi connectivity index (χ3v) is 14.2. The second kappa shape index (κ2) is 12.9. The maximum absolute atomic E-state index is 7.63. The van der Waals surface area contributed by atoms with Crippen LogP contribution >= 0.6 is 11.8 Å². The van der Waals surface area contributed by atoms with Gasteiger partial charge in [0.25, 0.3) is 0 Å². The standard InChI is InChI=1S/C57H33N3S/c1-58-38-26-32-51-43(34-38)40-15-6-10-20-50(40)60(51)39-27-23-35(24-28-39)37-25-31-49-44(33-37)54-42(56(59-49)36-13-3-2-4-14-36)29-30-48-55(54)41-16-5-7-17-45(41)57(48)46-18-8-11-21-52(46)61-53-22-12-9-19-47(53)57/h2-34H. The second-order valence-electron chi connectivity index (χ2n) is 16.1. The van der Waals surface area contributed by atoms with Crippen LogP contribution in [0.25, 0.3) is 87.5 Å². The molecule has 1 spiro atoms. The fourth-order valence-corrected chi connectivity index (χ4v) is 11.7. The van der Waals surface area contributed by atoms with Crippen LogP contribution in [0.2, 0.25) is 0 Å². The highest BCUT2D eigenvalue weighted by Crippen LogP contribution is 2.63. The van der Waals surface area contributed by atoms with E-state index < -0.39 is 5.41 Å². The third-order valence-electron chi connectivity index (χ3n) is 13.1. The topological polar surface area (TPSA) is 22.2 Å². The Morgan fingerprint density at radius 3 is 1.93 bits per heavy atom. The monoisotopic (exact) mass is 791 g/mol. The van der Waals surface area contributed by atoms with E-state index >= 15 is 0 Å². The summed E-state index contributed by atoms with van der Waals surface area (Å²) >= 11 is 1.88. The molecule has 3 nitrogen and oxygen atoms in total. The first-order valence-corrected chi connectivity index (χ1v) is 21.5. The molecule has 3 heterocycles. The van der Waals surface area contributed by atoms with Crippen molar-refractivity contribution < 1.29 is 0 Å². The highest BCUT2D eigenvalue weighted by atomic mass is 32.2. The molecule has 0 bridgehead atoms. The van der Waals surface area contributed by atoms with E-state index in [0.29, 0.717) is 5.69 Å². The van der Waals surface area contributed by atoms with Crippen LogP contribution in [0.3, 0.4) is 0 Å². The fraction of sp³-hybridized carbons (Fsp3) is 0.0175. The Balaban J connectivity index is 1.07. The number of hydrogen-bond donors (Lipinski definition) is 0. The lowest BCUT2D eigenvalue weighted by molar-refractivity contribution is 0.723. The molecule has 61 heavy (non-hydrogen) atoms. The van der Waals surface area contributed by atoms with Crippen LogP contribution in [0.1, 0.15) is 22.3 Å². The Hall–Kier alpha value is -7.71. The quantitative estimate of drug-likeness (QED) is 0.131. The summed E-state index contributed by atoms with van der Waals surface area (Å²) in [6.07, 6.45) is 0. The van der Waals surface area contributed by atoms with Crippen molar-refractivity contribution in [2.24, 2.45) is 0 Å². The first kappa shape index (κ1) is 34.2. The van der Waals surface area contributed by atoms with Gasteiger partial charge in [-0.25, -0.2) is 9.83 Å². The molecule has 282 valence electrons. The van der Waals surface area contributed by atoms with Gasteiger partial charge in [-0.3, -0.25) is 0 Å². The average molecular weight is 792 g/mol. The van der Waals surface area contributed by atoms with Gasteiger partial charge in [-0.05, 0) is 104 Å². The summed E-state index contributed by atoms with van der Waals surface area (Å²) < 4.78 is 2.31. The molecule has 0 fully saturated rings. The van der Waals surface area contributed by atoms with Crippen molar-refractivity contribution in [1.82, 2.24) is 9.55 Å². The van der Waals surface area contributed by atoms with Crippen LogP contribution in [-0.4, -0.2) is 9.55 Å². The van der Waals surface area contributed by atoms with Crippen molar-refractivity contribution in [2.45, 2.75) is 15.2 Å². The summed E-state index contributed by atoms with van der Waals surface area (Å²) in [5.41, 5.74) is 16.7. The highest BCUT2D eigenvalue weighted by molar-refractivity contribution is 7.99. The van der Waals surface area contributed by atoms with Crippen LogP contribution in [0.15, 0.2) is 210 Å². The van der Waals surface area contributed by atoms with Crippen LogP contribution in [0.5, 0.6) is 0 Å². The van der Waals surface area contributed by atoms with E-state index in [2.05, 4.69) is 197 Å². The Bertz CT molecular complexity index is 3640. The van der Waals surface area contributed by atoms with Crippen molar-refractivity contribution in [3.05, 3.63) is 234 Å². The molecule has 1 aliphatic carbocycles. The van der Waals surface area contributed by atoms with E-state index in [4.69, 9.17) is 11.6 Å². The van der Waals surface area contributed by atoms with Crippen molar-refractivity contribution in [1.29, 1.82) is 0 Å². The smallest absolute Gasteiger partial charge is 0.188 e. The van der Waals surface area contributed by atoms with E-state index in [-0.39, 0.29) is 0 Å². The van der Waals surface area contributed by atoms with E-state index in [1.165, 1.54) is 48.6 Å². The molecular formula is C57H33N3S. The zero-order chi connectivity index (χ0) is 40.2. The molecule has 2 aliphatic rings. The summed E-state index contributed by atoms with van der Waals surface area (Å²) in [5.74, 6) is 0. The van der Waals surface area contributed by atoms with Gasteiger partial charge in [0, 0.05) is 42.6 Å². The van der Waals surface area contributed by atoms with Crippen molar-refractivity contribution >= 4 is 60.9 Å². The van der Waals surface area contributed by atoms with Crippen LogP contribution in [-0.2, 0) is 5.41 Å². The molecule has 0 amide bonds. The molecule has 0 saturated heterocycles. The minimum atomic E-state index is -0.473. The third kappa shape index (κ3) is 4.73. The molecule has 0 unspecified atom stereocenters. The molecule has 4 heteroatoms. The van der Waals surface area contributed by atoms with Gasteiger partial charge in [0.2, 0.25) is 0 Å². The van der Waals surface area contributed by atoms with Crippen LogP contribution in [0.4, 0.5) is 5.69 Å². The molecule has 9 aromatic carbocycles. The lowest BCUT2D eigenvalue weighted by Gasteiger charge is -2.39. The summed E-state index contributed by atoms with van der Waals surface area (Å²) in [7, 11) is 0. The van der Waals surface area contributed by atoms with Crippen molar-refractivity contribution in [3.63, 3.8) is 0 Å².